The van der Waals surface area contributed by atoms with Gasteiger partial charge < -0.3 is 5.11 Å². The highest BCUT2D eigenvalue weighted by atomic mass is 32.2. The Labute approximate surface area is 130 Å². The normalized spacial score (nSPS) is 20.7. The van der Waals surface area contributed by atoms with E-state index in [1.165, 1.54) is 5.56 Å². The fourth-order valence-electron chi connectivity index (χ4n) is 2.79. The van der Waals surface area contributed by atoms with Crippen molar-refractivity contribution in [2.45, 2.75) is 45.2 Å². The number of aliphatic carboxylic acids is 1. The van der Waals surface area contributed by atoms with Crippen molar-refractivity contribution in [3.8, 4) is 0 Å². The van der Waals surface area contributed by atoms with Gasteiger partial charge in [-0.15, -0.1) is 0 Å². The first kappa shape index (κ1) is 16.4. The van der Waals surface area contributed by atoms with Crippen molar-refractivity contribution >= 4 is 17.7 Å². The molecule has 0 radical (unpaired) electrons. The minimum atomic E-state index is -0.713. The summed E-state index contributed by atoms with van der Waals surface area (Å²) >= 11 is 1.85. The van der Waals surface area contributed by atoms with Crippen LogP contribution in [0.1, 0.15) is 38.4 Å². The second kappa shape index (κ2) is 6.40. The Hall–Kier alpha value is -1.01. The molecule has 1 aliphatic rings. The molecule has 118 valence electrons. The molecule has 1 aromatic heterocycles. The molecule has 1 atom stereocenters. The monoisotopic (exact) mass is 311 g/mol. The average molecular weight is 311 g/mol. The number of hydrogen-bond donors (Lipinski definition) is 1. The number of rotatable bonds is 4. The van der Waals surface area contributed by atoms with Crippen LogP contribution >= 0.6 is 11.8 Å². The molecule has 0 aliphatic carbocycles. The molecular formula is C15H25N3O2S. The van der Waals surface area contributed by atoms with Gasteiger partial charge >= 0.3 is 5.97 Å². The lowest BCUT2D eigenvalue weighted by molar-refractivity contribution is -0.138. The zero-order valence-electron chi connectivity index (χ0n) is 13.3. The highest BCUT2D eigenvalue weighted by molar-refractivity contribution is 7.99. The second-order valence-corrected chi connectivity index (χ2v) is 7.87. The Balaban J connectivity index is 2.17. The predicted molar refractivity (Wildman–Crippen MR) is 85.7 cm³/mol. The van der Waals surface area contributed by atoms with Crippen LogP contribution in [0.5, 0.6) is 0 Å². The summed E-state index contributed by atoms with van der Waals surface area (Å²) in [6.45, 7) is 8.24. The van der Waals surface area contributed by atoms with Crippen molar-refractivity contribution in [3.63, 3.8) is 0 Å². The molecule has 1 saturated heterocycles. The molecule has 0 saturated carbocycles. The van der Waals surface area contributed by atoms with E-state index in [1.54, 1.807) is 0 Å². The molecular weight excluding hydrogens is 286 g/mol. The van der Waals surface area contributed by atoms with Crippen LogP contribution in [0, 0.1) is 0 Å². The van der Waals surface area contributed by atoms with Gasteiger partial charge in [-0.05, 0) is 0 Å². The van der Waals surface area contributed by atoms with Crippen LogP contribution in [0.2, 0.25) is 0 Å². The summed E-state index contributed by atoms with van der Waals surface area (Å²) in [5.74, 6) is 1.26. The van der Waals surface area contributed by atoms with Gasteiger partial charge in [-0.2, -0.15) is 16.9 Å². The third-order valence-corrected chi connectivity index (χ3v) is 4.84. The van der Waals surface area contributed by atoms with Crippen LogP contribution in [-0.2, 0) is 23.8 Å². The Morgan fingerprint density at radius 1 is 1.52 bits per heavy atom. The largest absolute Gasteiger partial charge is 0.481 e. The van der Waals surface area contributed by atoms with E-state index >= 15 is 0 Å². The summed E-state index contributed by atoms with van der Waals surface area (Å²) < 4.78 is 1.86. The Morgan fingerprint density at radius 3 is 2.86 bits per heavy atom. The first-order valence-electron chi connectivity index (χ1n) is 7.34. The predicted octanol–water partition coefficient (Wildman–Crippen LogP) is 2.11. The van der Waals surface area contributed by atoms with Crippen LogP contribution in [0.25, 0.3) is 0 Å². The fourth-order valence-corrected chi connectivity index (χ4v) is 3.92. The third-order valence-electron chi connectivity index (χ3n) is 3.75. The second-order valence-electron chi connectivity index (χ2n) is 6.72. The van der Waals surface area contributed by atoms with Crippen molar-refractivity contribution in [2.24, 2.45) is 7.05 Å². The molecule has 1 N–H and O–H groups in total. The van der Waals surface area contributed by atoms with Crippen molar-refractivity contribution in [1.29, 1.82) is 0 Å². The van der Waals surface area contributed by atoms with E-state index in [4.69, 9.17) is 5.11 Å². The molecule has 2 heterocycles. The molecule has 1 aromatic rings. The number of hydrogen-bond acceptors (Lipinski definition) is 4. The van der Waals surface area contributed by atoms with Crippen LogP contribution < -0.4 is 0 Å². The maximum absolute atomic E-state index is 11.0. The highest BCUT2D eigenvalue weighted by Crippen LogP contribution is 2.27. The maximum Gasteiger partial charge on any atom is 0.304 e. The zero-order chi connectivity index (χ0) is 15.6. The number of thioether (sulfide) groups is 1. The quantitative estimate of drug-likeness (QED) is 0.923. The van der Waals surface area contributed by atoms with Crippen molar-refractivity contribution in [2.75, 3.05) is 18.1 Å². The number of carboxylic acids is 1. The molecule has 1 unspecified atom stereocenters. The minimum Gasteiger partial charge on any atom is -0.481 e. The van der Waals surface area contributed by atoms with Gasteiger partial charge in [-0.25, -0.2) is 0 Å². The highest BCUT2D eigenvalue weighted by Gasteiger charge is 2.28. The SMILES string of the molecule is Cn1cc(CN2CCSCC2CC(=O)O)c(C(C)(C)C)n1. The van der Waals surface area contributed by atoms with Gasteiger partial charge in [0.2, 0.25) is 0 Å². The van der Waals surface area contributed by atoms with E-state index in [1.807, 2.05) is 23.5 Å². The van der Waals surface area contributed by atoms with Crippen LogP contribution in [0.3, 0.4) is 0 Å². The molecule has 21 heavy (non-hydrogen) atoms. The number of aromatic nitrogens is 2. The van der Waals surface area contributed by atoms with Crippen molar-refractivity contribution in [1.82, 2.24) is 14.7 Å². The summed E-state index contributed by atoms with van der Waals surface area (Å²) in [4.78, 5) is 13.3. The van der Waals surface area contributed by atoms with Gasteiger partial charge in [0.15, 0.2) is 0 Å². The molecule has 0 bridgehead atoms. The van der Waals surface area contributed by atoms with E-state index in [0.717, 1.165) is 30.3 Å². The first-order chi connectivity index (χ1) is 9.77. The topological polar surface area (TPSA) is 58.4 Å². The third kappa shape index (κ3) is 4.23. The summed E-state index contributed by atoms with van der Waals surface area (Å²) in [6.07, 6.45) is 2.29. The Bertz CT molecular complexity index is 508. The number of carboxylic acid groups (broad SMARTS) is 1. The van der Waals surface area contributed by atoms with Gasteiger partial charge in [0, 0.05) is 54.9 Å². The van der Waals surface area contributed by atoms with Gasteiger partial charge in [-0.1, -0.05) is 20.8 Å². The zero-order valence-corrected chi connectivity index (χ0v) is 14.1. The number of nitrogens with zero attached hydrogens (tertiary/aromatic N) is 3. The van der Waals surface area contributed by atoms with E-state index in [0.29, 0.717) is 0 Å². The van der Waals surface area contributed by atoms with Crippen LogP contribution in [0.4, 0.5) is 0 Å². The average Bonchev–Trinajstić information content (AvgIpc) is 2.72. The summed E-state index contributed by atoms with van der Waals surface area (Å²) in [5, 5.41) is 13.7. The van der Waals surface area contributed by atoms with Gasteiger partial charge in [-0.3, -0.25) is 14.4 Å². The molecule has 1 aliphatic heterocycles. The van der Waals surface area contributed by atoms with E-state index in [9.17, 15) is 4.79 Å². The maximum atomic E-state index is 11.0. The summed E-state index contributed by atoms with van der Waals surface area (Å²) in [5.41, 5.74) is 2.33. The summed E-state index contributed by atoms with van der Waals surface area (Å²) in [7, 11) is 1.94. The molecule has 2 rings (SSSR count). The standard InChI is InChI=1S/C15H25N3O2S/c1-15(2,3)14-11(8-17(4)16-14)9-18-5-6-21-10-12(18)7-13(19)20/h8,12H,5-7,9-10H2,1-4H3,(H,19,20). The van der Waals surface area contributed by atoms with Gasteiger partial charge in [0.05, 0.1) is 12.1 Å². The van der Waals surface area contributed by atoms with Gasteiger partial charge in [0.1, 0.15) is 0 Å². The first-order valence-corrected chi connectivity index (χ1v) is 8.49. The molecule has 5 nitrogen and oxygen atoms in total. The Morgan fingerprint density at radius 2 is 2.24 bits per heavy atom. The van der Waals surface area contributed by atoms with Crippen molar-refractivity contribution < 1.29 is 9.90 Å². The summed E-state index contributed by atoms with van der Waals surface area (Å²) in [6, 6.07) is 0.120. The van der Waals surface area contributed by atoms with Crippen LogP contribution in [0.15, 0.2) is 6.20 Å². The van der Waals surface area contributed by atoms with Crippen LogP contribution in [-0.4, -0.2) is 49.8 Å². The van der Waals surface area contributed by atoms with Crippen molar-refractivity contribution in [3.05, 3.63) is 17.5 Å². The molecule has 0 amide bonds. The lowest BCUT2D eigenvalue weighted by atomic mass is 9.89. The molecule has 6 heteroatoms. The number of aryl methyl sites for hydroxylation is 1. The molecule has 0 aromatic carbocycles. The molecule has 0 spiro atoms. The lowest BCUT2D eigenvalue weighted by Crippen LogP contribution is -2.43. The van der Waals surface area contributed by atoms with Gasteiger partial charge in [0.25, 0.3) is 0 Å². The van der Waals surface area contributed by atoms with E-state index in [-0.39, 0.29) is 17.9 Å². The fraction of sp³-hybridized carbons (Fsp3) is 0.733. The Kier molecular flexibility index (Phi) is 4.99. The number of carbonyl (C=O) groups is 1. The lowest BCUT2D eigenvalue weighted by Gasteiger charge is -2.35. The molecule has 1 fully saturated rings. The van der Waals surface area contributed by atoms with E-state index < -0.39 is 5.97 Å². The smallest absolute Gasteiger partial charge is 0.304 e. The minimum absolute atomic E-state index is 0.00340. The van der Waals surface area contributed by atoms with E-state index in [2.05, 4.69) is 37.0 Å².